The first-order valence-corrected chi connectivity index (χ1v) is 10.2. The summed E-state index contributed by atoms with van der Waals surface area (Å²) in [6, 6.07) is 10.1. The van der Waals surface area contributed by atoms with Crippen LogP contribution in [0.2, 0.25) is 0 Å². The van der Waals surface area contributed by atoms with Gasteiger partial charge >= 0.3 is 0 Å². The fourth-order valence-electron chi connectivity index (χ4n) is 4.38. The van der Waals surface area contributed by atoms with Crippen LogP contribution in [0.1, 0.15) is 35.2 Å². The average molecular weight is 409 g/mol. The van der Waals surface area contributed by atoms with Crippen LogP contribution in [-0.4, -0.2) is 49.1 Å². The number of aliphatic imine (C=N–C) groups is 1. The summed E-state index contributed by atoms with van der Waals surface area (Å²) in [7, 11) is 3.36. The lowest BCUT2D eigenvalue weighted by Gasteiger charge is -2.42. The zero-order chi connectivity index (χ0) is 21.1. The fourth-order valence-corrected chi connectivity index (χ4v) is 4.38. The molecule has 2 aliphatic heterocycles. The Kier molecular flexibility index (Phi) is 5.72. The Bertz CT molecular complexity index is 965. The lowest BCUT2D eigenvalue weighted by Crippen LogP contribution is -2.47. The molecule has 3 heterocycles. The number of benzene rings is 1. The quantitative estimate of drug-likeness (QED) is 0.776. The number of carbonyl (C=O) groups excluding carboxylic acids is 1. The Morgan fingerprint density at radius 3 is 2.63 bits per heavy atom. The molecule has 4 rings (SSSR count). The summed E-state index contributed by atoms with van der Waals surface area (Å²) in [6.07, 6.45) is 3.53. The van der Waals surface area contributed by atoms with Gasteiger partial charge in [0.05, 0.1) is 19.1 Å². The van der Waals surface area contributed by atoms with E-state index >= 15 is 0 Å². The van der Waals surface area contributed by atoms with Gasteiger partial charge in [0.15, 0.2) is 0 Å². The third kappa shape index (κ3) is 3.77. The topological polar surface area (TPSA) is 73.2 Å². The zero-order valence-corrected chi connectivity index (χ0v) is 17.7. The number of amides is 1. The Labute approximate surface area is 176 Å². The number of amidine groups is 1. The molecule has 0 aliphatic carbocycles. The summed E-state index contributed by atoms with van der Waals surface area (Å²) >= 11 is 0. The first kappa shape index (κ1) is 20.3. The average Bonchev–Trinajstić information content (AvgIpc) is 2.76. The molecule has 0 radical (unpaired) electrons. The molecule has 2 aromatic rings. The smallest absolute Gasteiger partial charge is 0.295 e. The number of pyridine rings is 1. The number of piperidine rings is 1. The van der Waals surface area contributed by atoms with Crippen LogP contribution < -0.4 is 4.74 Å². The molecular weight excluding hydrogens is 382 g/mol. The number of ether oxygens (including phenoxy) is 3. The summed E-state index contributed by atoms with van der Waals surface area (Å²) in [5.74, 6) is 0.458. The molecule has 158 valence electrons. The molecule has 2 aliphatic rings. The number of carbonyl (C=O) groups is 1. The van der Waals surface area contributed by atoms with E-state index in [0.29, 0.717) is 31.5 Å². The minimum Gasteiger partial charge on any atom is -0.496 e. The van der Waals surface area contributed by atoms with Crippen LogP contribution in [0.3, 0.4) is 0 Å². The van der Waals surface area contributed by atoms with Gasteiger partial charge in [-0.05, 0) is 37.5 Å². The van der Waals surface area contributed by atoms with E-state index in [2.05, 4.69) is 16.0 Å². The van der Waals surface area contributed by atoms with Crippen LogP contribution in [0.15, 0.2) is 41.5 Å². The van der Waals surface area contributed by atoms with Gasteiger partial charge in [0.1, 0.15) is 12.4 Å². The van der Waals surface area contributed by atoms with Crippen molar-refractivity contribution in [2.45, 2.75) is 38.4 Å². The summed E-state index contributed by atoms with van der Waals surface area (Å²) in [5, 5.41) is 0. The number of hydrogen-bond acceptors (Lipinski definition) is 6. The van der Waals surface area contributed by atoms with Crippen LogP contribution in [0.5, 0.6) is 5.75 Å². The molecule has 1 aromatic heterocycles. The highest BCUT2D eigenvalue weighted by Gasteiger charge is 2.39. The molecule has 1 aromatic carbocycles. The molecular formula is C23H27N3O4. The molecule has 0 saturated carbocycles. The first-order valence-electron chi connectivity index (χ1n) is 10.2. The van der Waals surface area contributed by atoms with Gasteiger partial charge in [-0.2, -0.15) is 4.99 Å². The van der Waals surface area contributed by atoms with E-state index in [-0.39, 0.29) is 17.9 Å². The summed E-state index contributed by atoms with van der Waals surface area (Å²) in [6.45, 7) is 3.72. The number of aryl methyl sites for hydroxylation is 1. The van der Waals surface area contributed by atoms with Crippen molar-refractivity contribution < 1.29 is 19.0 Å². The van der Waals surface area contributed by atoms with Crippen molar-refractivity contribution in [1.29, 1.82) is 0 Å². The second kappa shape index (κ2) is 8.44. The summed E-state index contributed by atoms with van der Waals surface area (Å²) in [4.78, 5) is 23.3. The van der Waals surface area contributed by atoms with E-state index in [9.17, 15) is 4.79 Å². The molecule has 0 N–H and O–H groups in total. The number of fused-ring (bicyclic) bond motifs is 1. The van der Waals surface area contributed by atoms with Gasteiger partial charge in [-0.15, -0.1) is 0 Å². The predicted molar refractivity (Wildman–Crippen MR) is 112 cm³/mol. The van der Waals surface area contributed by atoms with E-state index < -0.39 is 0 Å². The highest BCUT2D eigenvalue weighted by atomic mass is 16.5. The van der Waals surface area contributed by atoms with Crippen LogP contribution in [0, 0.1) is 6.92 Å². The Morgan fingerprint density at radius 2 is 1.93 bits per heavy atom. The highest BCUT2D eigenvalue weighted by Crippen LogP contribution is 2.37. The largest absolute Gasteiger partial charge is 0.496 e. The second-order valence-electron chi connectivity index (χ2n) is 7.67. The fraction of sp³-hybridized carbons (Fsp3) is 0.435. The number of rotatable bonds is 3. The van der Waals surface area contributed by atoms with Crippen molar-refractivity contribution in [1.82, 2.24) is 9.88 Å². The third-order valence-corrected chi connectivity index (χ3v) is 6.09. The van der Waals surface area contributed by atoms with Gasteiger partial charge in [0.2, 0.25) is 0 Å². The summed E-state index contributed by atoms with van der Waals surface area (Å²) < 4.78 is 17.4. The predicted octanol–water partition coefficient (Wildman–Crippen LogP) is 2.99. The van der Waals surface area contributed by atoms with E-state index in [0.717, 1.165) is 35.2 Å². The van der Waals surface area contributed by atoms with E-state index in [1.807, 2.05) is 36.1 Å². The zero-order valence-electron chi connectivity index (χ0n) is 17.7. The van der Waals surface area contributed by atoms with Crippen molar-refractivity contribution >= 4 is 11.9 Å². The normalized spacial score (nSPS) is 20.3. The van der Waals surface area contributed by atoms with Gasteiger partial charge in [-0.3, -0.25) is 9.78 Å². The van der Waals surface area contributed by atoms with Crippen LogP contribution >= 0.6 is 0 Å². The Hall–Kier alpha value is -2.93. The lowest BCUT2D eigenvalue weighted by atomic mass is 9.83. The van der Waals surface area contributed by atoms with Crippen molar-refractivity contribution in [3.8, 4) is 5.75 Å². The molecule has 0 bridgehead atoms. The van der Waals surface area contributed by atoms with Gasteiger partial charge in [0.25, 0.3) is 11.9 Å². The number of nitrogens with zero attached hydrogens (tertiary/aromatic N) is 3. The number of hydrogen-bond donors (Lipinski definition) is 0. The first-order chi connectivity index (χ1) is 14.6. The maximum Gasteiger partial charge on any atom is 0.295 e. The third-order valence-electron chi connectivity index (χ3n) is 6.09. The van der Waals surface area contributed by atoms with Crippen molar-refractivity contribution in [2.75, 3.05) is 27.3 Å². The molecule has 7 nitrogen and oxygen atoms in total. The maximum atomic E-state index is 12.6. The number of methoxy groups -OCH3 is 2. The van der Waals surface area contributed by atoms with Crippen LogP contribution in [0.4, 0.5) is 0 Å². The number of likely N-dealkylation sites (tertiary alicyclic amines) is 1. The monoisotopic (exact) mass is 409 g/mol. The van der Waals surface area contributed by atoms with E-state index in [1.54, 1.807) is 20.4 Å². The highest BCUT2D eigenvalue weighted by molar-refractivity contribution is 5.92. The van der Waals surface area contributed by atoms with E-state index in [1.165, 1.54) is 0 Å². The molecule has 1 saturated heterocycles. The van der Waals surface area contributed by atoms with E-state index in [4.69, 9.17) is 14.2 Å². The Morgan fingerprint density at radius 1 is 1.13 bits per heavy atom. The lowest BCUT2D eigenvalue weighted by molar-refractivity contribution is -0.117. The summed E-state index contributed by atoms with van der Waals surface area (Å²) in [5.41, 5.74) is 3.50. The molecule has 7 heteroatoms. The van der Waals surface area contributed by atoms with Gasteiger partial charge in [0, 0.05) is 43.2 Å². The minimum atomic E-state index is -0.388. The SMILES string of the molecule is COc1cccc2c1CC(=O)/N=C(/N1CCC(OC)(c3cccnc3C)CC1)OC2. The molecule has 30 heavy (non-hydrogen) atoms. The van der Waals surface area contributed by atoms with Crippen LogP contribution in [-0.2, 0) is 32.9 Å². The van der Waals surface area contributed by atoms with Crippen molar-refractivity contribution in [3.63, 3.8) is 0 Å². The van der Waals surface area contributed by atoms with Crippen molar-refractivity contribution in [2.24, 2.45) is 4.99 Å². The standard InChI is InChI=1S/C23H27N3O4/c1-16-19(7-5-11-24-16)23(29-3)9-12-26(13-10-23)22-25-21(27)14-18-17(15-30-22)6-4-8-20(18)28-2/h4-8,11H,9-10,12-15H2,1-3H3/b25-22-. The number of aromatic nitrogens is 1. The second-order valence-corrected chi connectivity index (χ2v) is 7.67. The van der Waals surface area contributed by atoms with Gasteiger partial charge < -0.3 is 19.1 Å². The minimum absolute atomic E-state index is 0.205. The molecule has 0 unspecified atom stereocenters. The molecule has 1 fully saturated rings. The maximum absolute atomic E-state index is 12.6. The molecule has 0 spiro atoms. The molecule has 0 atom stereocenters. The van der Waals surface area contributed by atoms with Gasteiger partial charge in [-0.1, -0.05) is 18.2 Å². The Balaban J connectivity index is 1.52. The van der Waals surface area contributed by atoms with Crippen molar-refractivity contribution in [3.05, 3.63) is 58.9 Å². The van der Waals surface area contributed by atoms with Gasteiger partial charge in [-0.25, -0.2) is 0 Å². The molecule has 1 amide bonds. The van der Waals surface area contributed by atoms with Crippen LogP contribution in [0.25, 0.3) is 0 Å².